The van der Waals surface area contributed by atoms with Crippen molar-refractivity contribution in [2.45, 2.75) is 25.8 Å². The van der Waals surface area contributed by atoms with Gasteiger partial charge in [0.25, 0.3) is 0 Å². The monoisotopic (exact) mass is 443 g/mol. The van der Waals surface area contributed by atoms with Gasteiger partial charge in [0.2, 0.25) is 5.91 Å². The first kappa shape index (κ1) is 23.2. The summed E-state index contributed by atoms with van der Waals surface area (Å²) in [6, 6.07) is 8.29. The van der Waals surface area contributed by atoms with Crippen molar-refractivity contribution in [1.82, 2.24) is 4.90 Å². The maximum atomic E-state index is 13.2. The zero-order valence-electron chi connectivity index (χ0n) is 19.1. The number of carbonyl (C=O) groups excluding carboxylic acids is 2. The van der Waals surface area contributed by atoms with E-state index in [0.29, 0.717) is 47.1 Å². The van der Waals surface area contributed by atoms with Crippen LogP contribution in [-0.4, -0.2) is 58.4 Å². The van der Waals surface area contributed by atoms with Crippen LogP contribution >= 0.6 is 0 Å². The van der Waals surface area contributed by atoms with Crippen molar-refractivity contribution in [2.24, 2.45) is 0 Å². The lowest BCUT2D eigenvalue weighted by molar-refractivity contribution is -0.156. The summed E-state index contributed by atoms with van der Waals surface area (Å²) in [5.74, 6) is 1.57. The van der Waals surface area contributed by atoms with Crippen LogP contribution in [0.25, 0.3) is 0 Å². The van der Waals surface area contributed by atoms with Gasteiger partial charge in [-0.3, -0.25) is 4.79 Å². The summed E-state index contributed by atoms with van der Waals surface area (Å²) in [5, 5.41) is 0. The van der Waals surface area contributed by atoms with E-state index in [9.17, 15) is 9.59 Å². The van der Waals surface area contributed by atoms with Crippen LogP contribution in [0, 0.1) is 0 Å². The minimum Gasteiger partial charge on any atom is -0.493 e. The molecule has 2 aromatic carbocycles. The summed E-state index contributed by atoms with van der Waals surface area (Å²) in [6.45, 7) is 2.30. The molecule has 8 nitrogen and oxygen atoms in total. The maximum Gasteiger partial charge on any atom is 0.333 e. The molecule has 0 radical (unpaired) electrons. The van der Waals surface area contributed by atoms with Gasteiger partial charge in [0, 0.05) is 12.1 Å². The number of fused-ring (bicyclic) bond motifs is 1. The number of benzene rings is 2. The van der Waals surface area contributed by atoms with Crippen LogP contribution in [0.5, 0.6) is 23.0 Å². The molecule has 0 aromatic heterocycles. The Labute approximate surface area is 188 Å². The number of hydrogen-bond acceptors (Lipinski definition) is 7. The molecule has 0 spiro atoms. The smallest absolute Gasteiger partial charge is 0.333 e. The standard InChI is InChI=1S/C24H29NO7/c1-6-32-24(27)22-16-8-10-19(29-3)23(31-5)17(16)14-21(26)25(22)12-11-15-7-9-18(28-2)20(13-15)30-4/h7-10,13,22H,6,11-12,14H2,1-5H3. The molecule has 1 heterocycles. The Morgan fingerprint density at radius 2 is 1.66 bits per heavy atom. The van der Waals surface area contributed by atoms with E-state index in [0.717, 1.165) is 5.56 Å². The molecule has 0 N–H and O–H groups in total. The van der Waals surface area contributed by atoms with Crippen LogP contribution in [0.4, 0.5) is 0 Å². The number of esters is 1. The highest BCUT2D eigenvalue weighted by atomic mass is 16.5. The topological polar surface area (TPSA) is 83.5 Å². The number of amides is 1. The second kappa shape index (κ2) is 10.3. The van der Waals surface area contributed by atoms with E-state index in [2.05, 4.69) is 0 Å². The predicted octanol–water partition coefficient (Wildman–Crippen LogP) is 2.95. The summed E-state index contributed by atoms with van der Waals surface area (Å²) < 4.78 is 26.9. The molecule has 1 aliphatic heterocycles. The second-order valence-corrected chi connectivity index (χ2v) is 7.23. The lowest BCUT2D eigenvalue weighted by Crippen LogP contribution is -2.45. The first-order valence-electron chi connectivity index (χ1n) is 10.4. The van der Waals surface area contributed by atoms with E-state index in [4.69, 9.17) is 23.7 Å². The molecule has 1 unspecified atom stereocenters. The maximum absolute atomic E-state index is 13.2. The summed E-state index contributed by atoms with van der Waals surface area (Å²) >= 11 is 0. The molecule has 1 amide bonds. The molecule has 1 aliphatic rings. The van der Waals surface area contributed by atoms with Crippen molar-refractivity contribution in [3.63, 3.8) is 0 Å². The SMILES string of the molecule is CCOC(=O)C1c2ccc(OC)c(OC)c2CC(=O)N1CCc1ccc(OC)c(OC)c1. The molecule has 1 atom stereocenters. The van der Waals surface area contributed by atoms with Crippen LogP contribution in [-0.2, 0) is 27.2 Å². The molecule has 0 saturated heterocycles. The van der Waals surface area contributed by atoms with E-state index in [-0.39, 0.29) is 18.9 Å². The zero-order chi connectivity index (χ0) is 23.3. The molecular formula is C24H29NO7. The highest BCUT2D eigenvalue weighted by Gasteiger charge is 2.40. The second-order valence-electron chi connectivity index (χ2n) is 7.23. The average molecular weight is 443 g/mol. The molecule has 0 bridgehead atoms. The van der Waals surface area contributed by atoms with Gasteiger partial charge < -0.3 is 28.6 Å². The number of nitrogens with zero attached hydrogens (tertiary/aromatic N) is 1. The fourth-order valence-electron chi connectivity index (χ4n) is 4.02. The Balaban J connectivity index is 1.95. The Hall–Kier alpha value is -3.42. The highest BCUT2D eigenvalue weighted by Crippen LogP contribution is 2.41. The third-order valence-electron chi connectivity index (χ3n) is 5.54. The summed E-state index contributed by atoms with van der Waals surface area (Å²) in [5.41, 5.74) is 2.29. The van der Waals surface area contributed by atoms with Crippen molar-refractivity contribution in [2.75, 3.05) is 41.6 Å². The summed E-state index contributed by atoms with van der Waals surface area (Å²) in [6.07, 6.45) is 0.641. The minimum absolute atomic E-state index is 0.109. The normalized spacial score (nSPS) is 15.1. The van der Waals surface area contributed by atoms with Crippen molar-refractivity contribution in [3.05, 3.63) is 47.0 Å². The Morgan fingerprint density at radius 1 is 0.969 bits per heavy atom. The fraction of sp³-hybridized carbons (Fsp3) is 0.417. The van der Waals surface area contributed by atoms with Crippen LogP contribution < -0.4 is 18.9 Å². The van der Waals surface area contributed by atoms with Crippen molar-refractivity contribution in [1.29, 1.82) is 0 Å². The number of hydrogen-bond donors (Lipinski definition) is 0. The first-order valence-corrected chi connectivity index (χ1v) is 10.4. The Bertz CT molecular complexity index is 989. The van der Waals surface area contributed by atoms with E-state index in [1.807, 2.05) is 18.2 Å². The zero-order valence-corrected chi connectivity index (χ0v) is 19.1. The van der Waals surface area contributed by atoms with Gasteiger partial charge >= 0.3 is 5.97 Å². The molecule has 0 saturated carbocycles. The van der Waals surface area contributed by atoms with E-state index in [1.165, 1.54) is 14.2 Å². The lowest BCUT2D eigenvalue weighted by atomic mass is 9.90. The van der Waals surface area contributed by atoms with Gasteiger partial charge in [0.1, 0.15) is 0 Å². The van der Waals surface area contributed by atoms with Gasteiger partial charge in [-0.25, -0.2) is 4.79 Å². The Morgan fingerprint density at radius 3 is 2.28 bits per heavy atom. The van der Waals surface area contributed by atoms with Crippen molar-refractivity contribution >= 4 is 11.9 Å². The molecule has 0 aliphatic carbocycles. The number of ether oxygens (including phenoxy) is 5. The van der Waals surface area contributed by atoms with Gasteiger partial charge in [0.05, 0.1) is 41.5 Å². The van der Waals surface area contributed by atoms with E-state index >= 15 is 0 Å². The third kappa shape index (κ3) is 4.44. The van der Waals surface area contributed by atoms with Crippen LogP contribution in [0.15, 0.2) is 30.3 Å². The van der Waals surface area contributed by atoms with E-state index < -0.39 is 12.0 Å². The quantitative estimate of drug-likeness (QED) is 0.551. The third-order valence-corrected chi connectivity index (χ3v) is 5.54. The fourth-order valence-corrected chi connectivity index (χ4v) is 4.02. The molecule has 0 fully saturated rings. The number of carbonyl (C=O) groups is 2. The molecule has 172 valence electrons. The number of methoxy groups -OCH3 is 4. The molecule has 8 heteroatoms. The molecule has 3 rings (SSSR count). The van der Waals surface area contributed by atoms with E-state index in [1.54, 1.807) is 38.2 Å². The molecular weight excluding hydrogens is 414 g/mol. The summed E-state index contributed by atoms with van der Waals surface area (Å²) in [7, 11) is 6.21. The first-order chi connectivity index (χ1) is 15.5. The minimum atomic E-state index is -0.855. The van der Waals surface area contributed by atoms with Gasteiger partial charge in [-0.1, -0.05) is 12.1 Å². The molecule has 2 aromatic rings. The number of rotatable bonds is 9. The van der Waals surface area contributed by atoms with Gasteiger partial charge in [-0.05, 0) is 42.7 Å². The van der Waals surface area contributed by atoms with Crippen LogP contribution in [0.3, 0.4) is 0 Å². The average Bonchev–Trinajstić information content (AvgIpc) is 2.81. The summed E-state index contributed by atoms with van der Waals surface area (Å²) in [4.78, 5) is 27.7. The van der Waals surface area contributed by atoms with Crippen molar-refractivity contribution < 1.29 is 33.3 Å². The highest BCUT2D eigenvalue weighted by molar-refractivity contribution is 5.91. The van der Waals surface area contributed by atoms with Gasteiger partial charge in [-0.2, -0.15) is 0 Å². The lowest BCUT2D eigenvalue weighted by Gasteiger charge is -2.36. The Kier molecular flexibility index (Phi) is 7.45. The van der Waals surface area contributed by atoms with Gasteiger partial charge in [0.15, 0.2) is 29.0 Å². The van der Waals surface area contributed by atoms with Crippen molar-refractivity contribution in [3.8, 4) is 23.0 Å². The van der Waals surface area contributed by atoms with Crippen LogP contribution in [0.2, 0.25) is 0 Å². The predicted molar refractivity (Wildman–Crippen MR) is 118 cm³/mol. The van der Waals surface area contributed by atoms with Crippen LogP contribution in [0.1, 0.15) is 29.7 Å². The largest absolute Gasteiger partial charge is 0.493 e. The van der Waals surface area contributed by atoms with Gasteiger partial charge in [-0.15, -0.1) is 0 Å². The molecule has 32 heavy (non-hydrogen) atoms.